The third kappa shape index (κ3) is 4.09. The van der Waals surface area contributed by atoms with Crippen LogP contribution in [0, 0.1) is 0 Å². The molecule has 0 fully saturated rings. The monoisotopic (exact) mass is 250 g/mol. The molecule has 0 aromatic heterocycles. The van der Waals surface area contributed by atoms with E-state index in [1.165, 1.54) is 0 Å². The molecule has 0 aliphatic heterocycles. The molecule has 0 aliphatic carbocycles. The van der Waals surface area contributed by atoms with Gasteiger partial charge in [-0.3, -0.25) is 4.21 Å². The highest BCUT2D eigenvalue weighted by atomic mass is 32.2. The van der Waals surface area contributed by atoms with Gasteiger partial charge in [0.25, 0.3) is 0 Å². The second kappa shape index (κ2) is 4.30. The van der Waals surface area contributed by atoms with E-state index in [-0.39, 0.29) is 0 Å². The van der Waals surface area contributed by atoms with Crippen LogP contribution >= 0.6 is 0 Å². The third-order valence-corrected chi connectivity index (χ3v) is 3.70. The molecule has 0 bridgehead atoms. The molecule has 0 heterocycles. The smallest absolute Gasteiger partial charge is 0.415 e. The van der Waals surface area contributed by atoms with E-state index in [1.54, 1.807) is 0 Å². The molecule has 0 aromatic rings. The Morgan fingerprint density at radius 1 is 1.50 bits per heavy atom. The van der Waals surface area contributed by atoms with Gasteiger partial charge in [0, 0.05) is 12.0 Å². The number of sulfone groups is 1. The van der Waals surface area contributed by atoms with Crippen LogP contribution < -0.4 is 0 Å². The van der Waals surface area contributed by atoms with E-state index in [0.717, 1.165) is 6.26 Å². The zero-order chi connectivity index (χ0) is 11.6. The van der Waals surface area contributed by atoms with Crippen molar-refractivity contribution in [3.05, 3.63) is 0 Å². The fourth-order valence-corrected chi connectivity index (χ4v) is 2.72. The Balaban J connectivity index is 4.45. The third-order valence-electron chi connectivity index (χ3n) is 1.17. The highest BCUT2D eigenvalue weighted by molar-refractivity contribution is 7.92. The number of carboxylic acids is 1. The van der Waals surface area contributed by atoms with Crippen LogP contribution in [0.4, 0.5) is 8.78 Å². The van der Waals surface area contributed by atoms with Crippen LogP contribution in [-0.4, -0.2) is 46.7 Å². The number of carboxylic acid groups (broad SMARTS) is 1. The zero-order valence-electron chi connectivity index (χ0n) is 7.07. The van der Waals surface area contributed by atoms with E-state index >= 15 is 0 Å². The maximum absolute atomic E-state index is 12.4. The van der Waals surface area contributed by atoms with Crippen LogP contribution in [0.5, 0.6) is 0 Å². The SMILES string of the molecule is CS(=O)(=O)CCS(=O)C(F)(F)C(=O)O. The number of carbonyl (C=O) groups is 1. The Hall–Kier alpha value is -0.570. The van der Waals surface area contributed by atoms with Gasteiger partial charge in [-0.15, -0.1) is 0 Å². The minimum atomic E-state index is -4.40. The van der Waals surface area contributed by atoms with Crippen LogP contribution in [0.2, 0.25) is 0 Å². The lowest BCUT2D eigenvalue weighted by atomic mass is 10.7. The van der Waals surface area contributed by atoms with Gasteiger partial charge in [0.2, 0.25) is 0 Å². The summed E-state index contributed by atoms with van der Waals surface area (Å²) in [5.74, 6) is -4.15. The van der Waals surface area contributed by atoms with Crippen molar-refractivity contribution >= 4 is 26.6 Å². The molecule has 1 atom stereocenters. The average Bonchev–Trinajstić information content (AvgIpc) is 1.98. The highest BCUT2D eigenvalue weighted by Gasteiger charge is 2.45. The Bertz CT molecular complexity index is 347. The second-order valence-corrected chi connectivity index (χ2v) is 6.37. The van der Waals surface area contributed by atoms with Crippen LogP contribution in [0.3, 0.4) is 0 Å². The van der Waals surface area contributed by atoms with E-state index in [4.69, 9.17) is 5.11 Å². The number of hydrogen-bond donors (Lipinski definition) is 1. The van der Waals surface area contributed by atoms with Gasteiger partial charge in [0.15, 0.2) is 0 Å². The van der Waals surface area contributed by atoms with Crippen molar-refractivity contribution in [2.75, 3.05) is 17.8 Å². The Morgan fingerprint density at radius 3 is 2.21 bits per heavy atom. The molecule has 0 saturated heterocycles. The Kier molecular flexibility index (Phi) is 4.13. The summed E-state index contributed by atoms with van der Waals surface area (Å²) in [7, 11) is -6.54. The summed E-state index contributed by atoms with van der Waals surface area (Å²) in [6.07, 6.45) is 0.781. The summed E-state index contributed by atoms with van der Waals surface area (Å²) in [5, 5.41) is 3.55. The minimum absolute atomic E-state index is 0.734. The molecule has 84 valence electrons. The first-order valence-electron chi connectivity index (χ1n) is 3.25. The first kappa shape index (κ1) is 13.4. The number of hydrogen-bond acceptors (Lipinski definition) is 4. The normalized spacial score (nSPS) is 15.1. The summed E-state index contributed by atoms with van der Waals surface area (Å²) in [4.78, 5) is 9.89. The molecule has 1 N–H and O–H groups in total. The molecule has 0 spiro atoms. The quantitative estimate of drug-likeness (QED) is 0.707. The molecule has 0 aromatic carbocycles. The summed E-state index contributed by atoms with van der Waals surface area (Å²) in [5.41, 5.74) is 0. The number of halogens is 2. The summed E-state index contributed by atoms with van der Waals surface area (Å²) in [6, 6.07) is 0. The van der Waals surface area contributed by atoms with Gasteiger partial charge in [0.05, 0.1) is 5.75 Å². The lowest BCUT2D eigenvalue weighted by Gasteiger charge is -2.09. The highest BCUT2D eigenvalue weighted by Crippen LogP contribution is 2.19. The lowest BCUT2D eigenvalue weighted by molar-refractivity contribution is -0.153. The first-order chi connectivity index (χ1) is 6.07. The van der Waals surface area contributed by atoms with E-state index in [1.807, 2.05) is 0 Å². The second-order valence-electron chi connectivity index (χ2n) is 2.50. The van der Waals surface area contributed by atoms with Crippen LogP contribution in [-0.2, 0) is 25.4 Å². The molecule has 5 nitrogen and oxygen atoms in total. The van der Waals surface area contributed by atoms with E-state index in [9.17, 15) is 26.2 Å². The molecule has 9 heteroatoms. The topological polar surface area (TPSA) is 88.5 Å². The van der Waals surface area contributed by atoms with E-state index in [0.29, 0.717) is 0 Å². The molecule has 0 aliphatic rings. The van der Waals surface area contributed by atoms with Crippen molar-refractivity contribution in [1.29, 1.82) is 0 Å². The molecule has 0 amide bonds. The molecule has 0 saturated carbocycles. The Morgan fingerprint density at radius 2 is 1.93 bits per heavy atom. The number of rotatable bonds is 5. The predicted octanol–water partition coefficient (Wildman–Crippen LogP) is -0.543. The summed E-state index contributed by atoms with van der Waals surface area (Å²) < 4.78 is 56.5. The van der Waals surface area contributed by atoms with Gasteiger partial charge in [-0.25, -0.2) is 13.2 Å². The zero-order valence-corrected chi connectivity index (χ0v) is 8.70. The van der Waals surface area contributed by atoms with Gasteiger partial charge in [-0.1, -0.05) is 0 Å². The van der Waals surface area contributed by atoms with E-state index in [2.05, 4.69) is 0 Å². The van der Waals surface area contributed by atoms with Crippen molar-refractivity contribution in [2.45, 2.75) is 5.25 Å². The molecular formula is C5H8F2O5S2. The average molecular weight is 250 g/mol. The Labute approximate surface area is 81.5 Å². The van der Waals surface area contributed by atoms with Crippen molar-refractivity contribution in [3.8, 4) is 0 Å². The molecule has 0 radical (unpaired) electrons. The first-order valence-corrected chi connectivity index (χ1v) is 6.62. The van der Waals surface area contributed by atoms with Gasteiger partial charge < -0.3 is 5.11 Å². The minimum Gasteiger partial charge on any atom is -0.476 e. The number of alkyl halides is 2. The largest absolute Gasteiger partial charge is 0.476 e. The molecule has 0 rings (SSSR count). The number of aliphatic carboxylic acids is 1. The summed E-state index contributed by atoms with van der Waals surface area (Å²) >= 11 is 0. The maximum Gasteiger partial charge on any atom is 0.415 e. The van der Waals surface area contributed by atoms with Crippen LogP contribution in [0.1, 0.15) is 0 Å². The van der Waals surface area contributed by atoms with Crippen LogP contribution in [0.15, 0.2) is 0 Å². The predicted molar refractivity (Wildman–Crippen MR) is 45.3 cm³/mol. The van der Waals surface area contributed by atoms with Gasteiger partial charge in [-0.2, -0.15) is 8.78 Å². The lowest BCUT2D eigenvalue weighted by Crippen LogP contribution is -2.36. The van der Waals surface area contributed by atoms with Crippen molar-refractivity contribution in [3.63, 3.8) is 0 Å². The van der Waals surface area contributed by atoms with Crippen molar-refractivity contribution in [1.82, 2.24) is 0 Å². The summed E-state index contributed by atoms with van der Waals surface area (Å²) in [6.45, 7) is 0. The standard InChI is InChI=1S/C5H8F2O5S2/c1-14(11,12)3-2-13(10)5(6,7)4(8)9/h2-3H2,1H3,(H,8,9). The van der Waals surface area contributed by atoms with Gasteiger partial charge in [0.1, 0.15) is 20.6 Å². The van der Waals surface area contributed by atoms with Crippen LogP contribution in [0.25, 0.3) is 0 Å². The maximum atomic E-state index is 12.4. The van der Waals surface area contributed by atoms with Crippen molar-refractivity contribution in [2.24, 2.45) is 0 Å². The molecular weight excluding hydrogens is 242 g/mol. The fraction of sp³-hybridized carbons (Fsp3) is 0.800. The van der Waals surface area contributed by atoms with Crippen molar-refractivity contribution < 1.29 is 31.3 Å². The molecule has 14 heavy (non-hydrogen) atoms. The molecule has 1 unspecified atom stereocenters. The fourth-order valence-electron chi connectivity index (χ4n) is 0.453. The van der Waals surface area contributed by atoms with Gasteiger partial charge >= 0.3 is 11.2 Å². The van der Waals surface area contributed by atoms with Gasteiger partial charge in [-0.05, 0) is 0 Å². The van der Waals surface area contributed by atoms with E-state index < -0.39 is 43.4 Å².